The predicted molar refractivity (Wildman–Crippen MR) is 145 cm³/mol. The lowest BCUT2D eigenvalue weighted by molar-refractivity contribution is -0.142. The molecule has 1 N–H and O–H groups in total. The fourth-order valence-corrected chi connectivity index (χ4v) is 6.22. The van der Waals surface area contributed by atoms with E-state index in [-0.39, 0.29) is 51.9 Å². The van der Waals surface area contributed by atoms with Crippen LogP contribution in [-0.4, -0.2) is 56.4 Å². The summed E-state index contributed by atoms with van der Waals surface area (Å²) >= 11 is 12.4. The summed E-state index contributed by atoms with van der Waals surface area (Å²) < 4.78 is 44.8. The summed E-state index contributed by atoms with van der Waals surface area (Å²) in [5.74, 6) is -0.825. The molecule has 1 aromatic heterocycles. The number of hydrogen-bond donors (Lipinski definition) is 1. The molecule has 1 unspecified atom stereocenters. The molecule has 1 saturated carbocycles. The van der Waals surface area contributed by atoms with Crippen molar-refractivity contribution in [2.45, 2.75) is 44.5 Å². The van der Waals surface area contributed by atoms with Crippen molar-refractivity contribution in [3.63, 3.8) is 0 Å². The Hall–Kier alpha value is -2.37. The number of alkyl halides is 3. The third kappa shape index (κ3) is 5.02. The SMILES string of the molecule is CCN(CC)C1CC(CN2C(=O)C(O)(c3ccc(Cl)cc3Cl)c3c2cc(-n2cncn2)cc3C(F)(F)F)C1.Cl. The fraction of sp³-hybridized carbons (Fsp3) is 0.423. The number of amides is 1. The largest absolute Gasteiger partial charge is 0.416 e. The van der Waals surface area contributed by atoms with Crippen LogP contribution >= 0.6 is 35.6 Å². The van der Waals surface area contributed by atoms with Gasteiger partial charge in [-0.2, -0.15) is 18.3 Å². The van der Waals surface area contributed by atoms with E-state index < -0.39 is 28.8 Å². The molecule has 0 saturated heterocycles. The van der Waals surface area contributed by atoms with Crippen LogP contribution in [0.3, 0.4) is 0 Å². The molecule has 1 amide bonds. The van der Waals surface area contributed by atoms with Gasteiger partial charge in [0, 0.05) is 33.8 Å². The highest BCUT2D eigenvalue weighted by atomic mass is 35.5. The minimum atomic E-state index is -4.89. The van der Waals surface area contributed by atoms with Gasteiger partial charge in [-0.25, -0.2) is 9.67 Å². The second-order valence-electron chi connectivity index (χ2n) is 9.69. The standard InChI is InChI=1S/C26H26Cl2F3N5O2.ClH/c1-3-34(4-2)17-7-15(8-17)12-35-22-11-18(36-14-32-13-33-36)10-20(26(29,30)31)23(22)25(38,24(35)37)19-6-5-16(27)9-21(19)28;/h5-6,9-11,13-15,17,38H,3-4,7-8,12H2,1-2H3;1H. The van der Waals surface area contributed by atoms with Crippen molar-refractivity contribution < 1.29 is 23.1 Å². The van der Waals surface area contributed by atoms with E-state index in [1.165, 1.54) is 46.5 Å². The quantitative estimate of drug-likeness (QED) is 0.374. The first-order valence-corrected chi connectivity index (χ1v) is 13.1. The smallest absolute Gasteiger partial charge is 0.372 e. The third-order valence-electron chi connectivity index (χ3n) is 7.60. The van der Waals surface area contributed by atoms with Crippen molar-refractivity contribution in [3.05, 3.63) is 69.7 Å². The van der Waals surface area contributed by atoms with E-state index in [2.05, 4.69) is 28.8 Å². The zero-order valence-corrected chi connectivity index (χ0v) is 23.4. The van der Waals surface area contributed by atoms with Crippen LogP contribution in [0.15, 0.2) is 43.0 Å². The van der Waals surface area contributed by atoms with Crippen LogP contribution in [0.2, 0.25) is 10.0 Å². The molecular formula is C26H27Cl3F3N5O2. The van der Waals surface area contributed by atoms with Crippen LogP contribution in [0.1, 0.15) is 43.4 Å². The highest BCUT2D eigenvalue weighted by molar-refractivity contribution is 6.35. The molecular weight excluding hydrogens is 578 g/mol. The maximum Gasteiger partial charge on any atom is 0.416 e. The number of anilines is 1. The average molecular weight is 605 g/mol. The van der Waals surface area contributed by atoms with Gasteiger partial charge in [0.2, 0.25) is 0 Å². The highest BCUT2D eigenvalue weighted by Gasteiger charge is 2.57. The molecule has 210 valence electrons. The number of carbonyl (C=O) groups is 1. The van der Waals surface area contributed by atoms with E-state index in [0.29, 0.717) is 6.04 Å². The Balaban J connectivity index is 0.00000353. The minimum Gasteiger partial charge on any atom is -0.372 e. The van der Waals surface area contributed by atoms with Crippen molar-refractivity contribution in [1.29, 1.82) is 0 Å². The van der Waals surface area contributed by atoms with Crippen LogP contribution in [0.5, 0.6) is 0 Å². The van der Waals surface area contributed by atoms with Crippen LogP contribution in [0, 0.1) is 5.92 Å². The molecule has 2 heterocycles. The Labute approximate surface area is 239 Å². The van der Waals surface area contributed by atoms with E-state index in [9.17, 15) is 23.1 Å². The van der Waals surface area contributed by atoms with Gasteiger partial charge >= 0.3 is 6.18 Å². The Bertz CT molecular complexity index is 1360. The van der Waals surface area contributed by atoms with Crippen LogP contribution in [-0.2, 0) is 16.6 Å². The Kier molecular flexibility index (Phi) is 8.27. The number of hydrogen-bond acceptors (Lipinski definition) is 5. The summed E-state index contributed by atoms with van der Waals surface area (Å²) in [6.45, 7) is 6.11. The lowest BCUT2D eigenvalue weighted by Gasteiger charge is -2.43. The van der Waals surface area contributed by atoms with Crippen molar-refractivity contribution >= 4 is 47.2 Å². The minimum absolute atomic E-state index is 0. The number of nitrogens with zero attached hydrogens (tertiary/aromatic N) is 5. The Morgan fingerprint density at radius 3 is 2.41 bits per heavy atom. The Morgan fingerprint density at radius 1 is 1.15 bits per heavy atom. The van der Waals surface area contributed by atoms with Crippen LogP contribution in [0.4, 0.5) is 18.9 Å². The second kappa shape index (κ2) is 10.9. The maximum atomic E-state index is 14.6. The summed E-state index contributed by atoms with van der Waals surface area (Å²) in [5, 5.41) is 16.0. The second-order valence-corrected chi connectivity index (χ2v) is 10.5. The van der Waals surface area contributed by atoms with E-state index in [0.717, 1.165) is 32.0 Å². The monoisotopic (exact) mass is 603 g/mol. The van der Waals surface area contributed by atoms with Crippen molar-refractivity contribution in [1.82, 2.24) is 19.7 Å². The van der Waals surface area contributed by atoms with E-state index >= 15 is 0 Å². The molecule has 1 atom stereocenters. The van der Waals surface area contributed by atoms with Gasteiger partial charge in [-0.15, -0.1) is 12.4 Å². The molecule has 2 aliphatic rings. The van der Waals surface area contributed by atoms with Gasteiger partial charge in [0.1, 0.15) is 12.7 Å². The summed E-state index contributed by atoms with van der Waals surface area (Å²) in [5.41, 5.74) is -4.50. The number of fused-ring (bicyclic) bond motifs is 1. The Morgan fingerprint density at radius 2 is 1.85 bits per heavy atom. The third-order valence-corrected chi connectivity index (χ3v) is 8.15. The summed E-state index contributed by atoms with van der Waals surface area (Å²) in [6.07, 6.45) is -0.819. The topological polar surface area (TPSA) is 74.5 Å². The molecule has 2 aromatic carbocycles. The zero-order valence-electron chi connectivity index (χ0n) is 21.1. The maximum absolute atomic E-state index is 14.6. The lowest BCUT2D eigenvalue weighted by Crippen LogP contribution is -2.50. The van der Waals surface area contributed by atoms with E-state index in [1.807, 2.05) is 0 Å². The van der Waals surface area contributed by atoms with Gasteiger partial charge in [-0.05, 0) is 56.1 Å². The number of aliphatic hydroxyl groups is 1. The molecule has 13 heteroatoms. The van der Waals surface area contributed by atoms with Gasteiger partial charge in [0.05, 0.1) is 16.9 Å². The molecule has 5 rings (SSSR count). The fourth-order valence-electron chi connectivity index (χ4n) is 5.67. The molecule has 1 aliphatic heterocycles. The van der Waals surface area contributed by atoms with Crippen molar-refractivity contribution in [2.24, 2.45) is 5.92 Å². The molecule has 0 spiro atoms. The van der Waals surface area contributed by atoms with Gasteiger partial charge in [-0.3, -0.25) is 4.79 Å². The molecule has 3 aromatic rings. The van der Waals surface area contributed by atoms with Gasteiger partial charge in [-0.1, -0.05) is 43.1 Å². The van der Waals surface area contributed by atoms with E-state index in [4.69, 9.17) is 23.2 Å². The highest BCUT2D eigenvalue weighted by Crippen LogP contribution is 2.53. The van der Waals surface area contributed by atoms with Crippen molar-refractivity contribution in [2.75, 3.05) is 24.5 Å². The van der Waals surface area contributed by atoms with Gasteiger partial charge in [0.25, 0.3) is 5.91 Å². The summed E-state index contributed by atoms with van der Waals surface area (Å²) in [7, 11) is 0. The number of aromatic nitrogens is 3. The molecule has 39 heavy (non-hydrogen) atoms. The normalized spacial score (nSPS) is 22.6. The predicted octanol–water partition coefficient (Wildman–Crippen LogP) is 5.72. The molecule has 7 nitrogen and oxygen atoms in total. The summed E-state index contributed by atoms with van der Waals surface area (Å²) in [6, 6.07) is 6.61. The number of halogens is 6. The molecule has 1 aliphatic carbocycles. The average Bonchev–Trinajstić information content (AvgIpc) is 3.44. The van der Waals surface area contributed by atoms with Gasteiger partial charge < -0.3 is 14.9 Å². The number of carbonyl (C=O) groups excluding carboxylic acids is 1. The lowest BCUT2D eigenvalue weighted by atomic mass is 9.78. The van der Waals surface area contributed by atoms with Crippen LogP contribution in [0.25, 0.3) is 5.69 Å². The number of rotatable bonds is 7. The summed E-state index contributed by atoms with van der Waals surface area (Å²) in [4.78, 5) is 21.4. The first-order valence-electron chi connectivity index (χ1n) is 12.3. The zero-order chi connectivity index (χ0) is 27.4. The first kappa shape index (κ1) is 29.6. The van der Waals surface area contributed by atoms with E-state index in [1.54, 1.807) is 0 Å². The number of benzene rings is 2. The van der Waals surface area contributed by atoms with Crippen molar-refractivity contribution in [3.8, 4) is 5.69 Å². The van der Waals surface area contributed by atoms with Crippen LogP contribution < -0.4 is 4.90 Å². The molecule has 0 radical (unpaired) electrons. The van der Waals surface area contributed by atoms with Gasteiger partial charge in [0.15, 0.2) is 5.60 Å². The molecule has 0 bridgehead atoms. The molecule has 1 fully saturated rings. The first-order chi connectivity index (χ1) is 18.0.